The second-order valence-corrected chi connectivity index (χ2v) is 3.75. The van der Waals surface area contributed by atoms with Crippen LogP contribution in [0.4, 0.5) is 0 Å². The van der Waals surface area contributed by atoms with Crippen molar-refractivity contribution in [1.82, 2.24) is 0 Å². The zero-order valence-electron chi connectivity index (χ0n) is 8.92. The summed E-state index contributed by atoms with van der Waals surface area (Å²) < 4.78 is 15.1. The van der Waals surface area contributed by atoms with E-state index >= 15 is 0 Å². The van der Waals surface area contributed by atoms with Crippen LogP contribution < -0.4 is 0 Å². The maximum Gasteiger partial charge on any atom is 0.318 e. The zero-order chi connectivity index (χ0) is 10.5. The summed E-state index contributed by atoms with van der Waals surface area (Å²) in [5, 5.41) is 0. The van der Waals surface area contributed by atoms with Gasteiger partial charge in [0, 0.05) is 7.11 Å². The normalized spacial score (nSPS) is 14.2. The average Bonchev–Trinajstić information content (AvgIpc) is 2.12. The molecule has 0 saturated heterocycles. The van der Waals surface area contributed by atoms with E-state index in [9.17, 15) is 4.79 Å². The molecular weight excluding hydrogens is 188 g/mol. The van der Waals surface area contributed by atoms with Gasteiger partial charge in [0.05, 0.1) is 11.7 Å². The van der Waals surface area contributed by atoms with E-state index < -0.39 is 5.60 Å². The van der Waals surface area contributed by atoms with E-state index in [2.05, 4.69) is 4.43 Å². The molecule has 0 spiro atoms. The summed E-state index contributed by atoms with van der Waals surface area (Å²) >= 11 is 0. The Morgan fingerprint density at radius 3 is 2.46 bits per heavy atom. The lowest BCUT2D eigenvalue weighted by Gasteiger charge is -2.30. The van der Waals surface area contributed by atoms with Gasteiger partial charge >= 0.3 is 5.97 Å². The lowest BCUT2D eigenvalue weighted by molar-refractivity contribution is -0.153. The van der Waals surface area contributed by atoms with Crippen molar-refractivity contribution in [1.29, 1.82) is 0 Å². The number of carbonyl (C=O) groups is 1. The van der Waals surface area contributed by atoms with Crippen LogP contribution >= 0.6 is 0 Å². The fraction of sp³-hybridized carbons (Fsp3) is 0.875. The maximum atomic E-state index is 10.8. The second-order valence-electron chi connectivity index (χ2n) is 3.35. The van der Waals surface area contributed by atoms with E-state index in [0.29, 0.717) is 10.5 Å². The molecule has 0 aliphatic carbocycles. The third-order valence-corrected chi connectivity index (χ3v) is 2.58. The summed E-state index contributed by atoms with van der Waals surface area (Å²) in [5.74, 6) is -0.317. The third-order valence-electron chi connectivity index (χ3n) is 2.12. The number of rotatable bonds is 5. The monoisotopic (exact) mass is 206 g/mol. The number of ether oxygens (including phenoxy) is 2. The van der Waals surface area contributed by atoms with Crippen molar-refractivity contribution < 1.29 is 18.7 Å². The minimum absolute atomic E-state index is 0.00972. The first-order valence-corrected chi connectivity index (χ1v) is 4.99. The van der Waals surface area contributed by atoms with Gasteiger partial charge in [0.1, 0.15) is 6.61 Å². The van der Waals surface area contributed by atoms with Crippen molar-refractivity contribution in [3.8, 4) is 0 Å². The summed E-state index contributed by atoms with van der Waals surface area (Å²) in [7, 11) is 2.02. The third kappa shape index (κ3) is 4.40. The Morgan fingerprint density at radius 2 is 2.08 bits per heavy atom. The van der Waals surface area contributed by atoms with Crippen molar-refractivity contribution in [2.45, 2.75) is 32.5 Å². The van der Waals surface area contributed by atoms with E-state index in [1.165, 1.54) is 0 Å². The van der Waals surface area contributed by atoms with Gasteiger partial charge < -0.3 is 13.9 Å². The van der Waals surface area contributed by atoms with Crippen LogP contribution in [-0.4, -0.2) is 41.9 Å². The number of hydrogen-bond donors (Lipinski definition) is 0. The van der Waals surface area contributed by atoms with Gasteiger partial charge in [0.25, 0.3) is 0 Å². The predicted molar refractivity (Wildman–Crippen MR) is 52.5 cm³/mol. The van der Waals surface area contributed by atoms with Crippen molar-refractivity contribution >= 4 is 16.5 Å². The maximum absolute atomic E-state index is 10.8. The Kier molecular flexibility index (Phi) is 5.20. The van der Waals surface area contributed by atoms with Crippen molar-refractivity contribution in [2.24, 2.45) is 0 Å². The van der Waals surface area contributed by atoms with E-state index in [1.54, 1.807) is 7.11 Å². The number of hydrogen-bond acceptors (Lipinski definition) is 4. The molecule has 0 fully saturated rings. The van der Waals surface area contributed by atoms with Crippen LogP contribution in [0.5, 0.6) is 0 Å². The highest BCUT2D eigenvalue weighted by Gasteiger charge is 2.27. The Bertz CT molecular complexity index is 170. The van der Waals surface area contributed by atoms with E-state index in [4.69, 9.17) is 9.47 Å². The Balaban J connectivity index is 3.95. The first-order valence-electron chi connectivity index (χ1n) is 4.17. The molecule has 1 unspecified atom stereocenters. The van der Waals surface area contributed by atoms with Crippen LogP contribution in [0.1, 0.15) is 20.8 Å². The largest absolute Gasteiger partial charge is 0.527 e. The molecule has 0 N–H and O–H groups in total. The smallest absolute Gasteiger partial charge is 0.318 e. The predicted octanol–water partition coefficient (Wildman–Crippen LogP) is -0.360. The standard InChI is InChI=1S/C8H18O4Si/c1-6(10-4)8(2,3)11-5-7(9)12-13/h6H,5H2,1-4,13H3. The molecule has 78 valence electrons. The van der Waals surface area contributed by atoms with Gasteiger partial charge in [0.15, 0.2) is 0 Å². The Labute approximate surface area is 82.1 Å². The molecule has 5 heteroatoms. The van der Waals surface area contributed by atoms with Gasteiger partial charge in [-0.3, -0.25) is 4.79 Å². The molecule has 0 saturated carbocycles. The molecule has 0 bridgehead atoms. The lowest BCUT2D eigenvalue weighted by Crippen LogP contribution is -2.39. The van der Waals surface area contributed by atoms with Gasteiger partial charge in [-0.25, -0.2) is 0 Å². The summed E-state index contributed by atoms with van der Waals surface area (Å²) in [6.45, 7) is 5.64. The molecule has 0 aromatic carbocycles. The number of methoxy groups -OCH3 is 1. The van der Waals surface area contributed by atoms with Crippen LogP contribution in [0.2, 0.25) is 0 Å². The lowest BCUT2D eigenvalue weighted by atomic mass is 10.0. The molecule has 0 heterocycles. The highest BCUT2D eigenvalue weighted by Crippen LogP contribution is 2.16. The van der Waals surface area contributed by atoms with Gasteiger partial charge in [-0.15, -0.1) is 0 Å². The van der Waals surface area contributed by atoms with Crippen LogP contribution in [0.3, 0.4) is 0 Å². The minimum atomic E-state index is -0.468. The summed E-state index contributed by atoms with van der Waals surface area (Å²) in [4.78, 5) is 10.8. The quantitative estimate of drug-likeness (QED) is 0.576. The first-order chi connectivity index (χ1) is 5.94. The highest BCUT2D eigenvalue weighted by molar-refractivity contribution is 6.05. The molecule has 0 amide bonds. The fourth-order valence-electron chi connectivity index (χ4n) is 0.705. The van der Waals surface area contributed by atoms with Gasteiger partial charge in [-0.1, -0.05) is 0 Å². The molecule has 13 heavy (non-hydrogen) atoms. The molecule has 0 aromatic rings. The van der Waals surface area contributed by atoms with Crippen LogP contribution in [-0.2, 0) is 18.7 Å². The second kappa shape index (κ2) is 5.36. The number of carbonyl (C=O) groups excluding carboxylic acids is 1. The topological polar surface area (TPSA) is 44.8 Å². The van der Waals surface area contributed by atoms with E-state index in [0.717, 1.165) is 0 Å². The zero-order valence-corrected chi connectivity index (χ0v) is 10.9. The van der Waals surface area contributed by atoms with Gasteiger partial charge in [-0.05, 0) is 20.8 Å². The Morgan fingerprint density at radius 1 is 1.54 bits per heavy atom. The van der Waals surface area contributed by atoms with Crippen molar-refractivity contribution in [3.05, 3.63) is 0 Å². The molecule has 1 atom stereocenters. The highest BCUT2D eigenvalue weighted by atomic mass is 28.2. The Hall–Kier alpha value is -0.393. The summed E-state index contributed by atoms with van der Waals surface area (Å²) in [5.41, 5.74) is -0.468. The van der Waals surface area contributed by atoms with E-state index in [1.807, 2.05) is 20.8 Å². The minimum Gasteiger partial charge on any atom is -0.527 e. The van der Waals surface area contributed by atoms with Crippen LogP contribution in [0, 0.1) is 0 Å². The molecule has 0 aliphatic heterocycles. The fourth-order valence-corrected chi connectivity index (χ4v) is 0.823. The molecule has 0 aliphatic rings. The SMILES string of the molecule is COC(C)C(C)(C)OCC(=O)O[SiH3]. The molecular formula is C8H18O4Si. The van der Waals surface area contributed by atoms with Gasteiger partial charge in [0.2, 0.25) is 10.5 Å². The molecule has 0 rings (SSSR count). The molecule has 0 aromatic heterocycles. The van der Waals surface area contributed by atoms with Crippen molar-refractivity contribution in [2.75, 3.05) is 13.7 Å². The van der Waals surface area contributed by atoms with Crippen molar-refractivity contribution in [3.63, 3.8) is 0 Å². The average molecular weight is 206 g/mol. The molecule has 0 radical (unpaired) electrons. The summed E-state index contributed by atoms with van der Waals surface area (Å²) in [6.07, 6.45) is -0.0607. The van der Waals surface area contributed by atoms with E-state index in [-0.39, 0.29) is 18.7 Å². The first kappa shape index (κ1) is 12.6. The van der Waals surface area contributed by atoms with Gasteiger partial charge in [-0.2, -0.15) is 0 Å². The molecule has 4 nitrogen and oxygen atoms in total. The van der Waals surface area contributed by atoms with Crippen LogP contribution in [0.25, 0.3) is 0 Å². The van der Waals surface area contributed by atoms with Crippen LogP contribution in [0.15, 0.2) is 0 Å². The summed E-state index contributed by atoms with van der Waals surface area (Å²) in [6, 6.07) is 0.